The van der Waals surface area contributed by atoms with E-state index in [0.29, 0.717) is 18.3 Å². The molecule has 2 unspecified atom stereocenters. The van der Waals surface area contributed by atoms with Gasteiger partial charge in [-0.1, -0.05) is 0 Å². The highest BCUT2D eigenvalue weighted by atomic mass is 19.1. The molecular weight excluding hydrogens is 357 g/mol. The van der Waals surface area contributed by atoms with Gasteiger partial charge in [-0.15, -0.1) is 0 Å². The maximum Gasteiger partial charge on any atom is 0.254 e. The number of nitrogens with one attached hydrogen (secondary N) is 1. The molecule has 5 saturated carbocycles. The molecule has 1 aromatic carbocycles. The van der Waals surface area contributed by atoms with Crippen molar-refractivity contribution in [2.75, 3.05) is 20.8 Å². The summed E-state index contributed by atoms with van der Waals surface area (Å²) in [5.41, 5.74) is 1.29. The SMILES string of the molecule is CNC(=O)c1cc(C2CC2)c(OCC23CC4CC(C2)CC(OC)(C4)C3)cc1F. The fourth-order valence-corrected chi connectivity index (χ4v) is 6.72. The summed E-state index contributed by atoms with van der Waals surface area (Å²) in [6, 6.07) is 3.14. The van der Waals surface area contributed by atoms with Crippen LogP contribution in [0.3, 0.4) is 0 Å². The van der Waals surface area contributed by atoms with E-state index < -0.39 is 5.82 Å². The smallest absolute Gasteiger partial charge is 0.254 e. The van der Waals surface area contributed by atoms with E-state index in [1.54, 1.807) is 6.07 Å². The van der Waals surface area contributed by atoms with Gasteiger partial charge in [-0.3, -0.25) is 4.79 Å². The van der Waals surface area contributed by atoms with Crippen LogP contribution in [0.4, 0.5) is 4.39 Å². The molecule has 0 spiro atoms. The summed E-state index contributed by atoms with van der Waals surface area (Å²) in [6.07, 6.45) is 9.32. The predicted octanol–water partition coefficient (Wildman–Crippen LogP) is 4.43. The topological polar surface area (TPSA) is 47.6 Å². The lowest BCUT2D eigenvalue weighted by Crippen LogP contribution is -2.58. The largest absolute Gasteiger partial charge is 0.493 e. The minimum Gasteiger partial charge on any atom is -0.493 e. The summed E-state index contributed by atoms with van der Waals surface area (Å²) in [6.45, 7) is 0.629. The van der Waals surface area contributed by atoms with Gasteiger partial charge < -0.3 is 14.8 Å². The summed E-state index contributed by atoms with van der Waals surface area (Å²) < 4.78 is 26.9. The predicted molar refractivity (Wildman–Crippen MR) is 104 cm³/mol. The molecule has 28 heavy (non-hydrogen) atoms. The lowest BCUT2D eigenvalue weighted by atomic mass is 9.48. The molecule has 1 aromatic rings. The van der Waals surface area contributed by atoms with E-state index in [1.165, 1.54) is 45.2 Å². The van der Waals surface area contributed by atoms with E-state index >= 15 is 0 Å². The van der Waals surface area contributed by atoms with Gasteiger partial charge in [0.05, 0.1) is 17.8 Å². The minimum atomic E-state index is -0.502. The number of hydrogen-bond donors (Lipinski definition) is 1. The quantitative estimate of drug-likeness (QED) is 0.786. The molecule has 1 amide bonds. The second kappa shape index (κ2) is 6.45. The first kappa shape index (κ1) is 18.4. The Labute approximate surface area is 166 Å². The molecule has 5 heteroatoms. The van der Waals surface area contributed by atoms with Gasteiger partial charge in [0.2, 0.25) is 0 Å². The molecule has 5 fully saturated rings. The van der Waals surface area contributed by atoms with Crippen LogP contribution in [0, 0.1) is 23.1 Å². The normalized spacial score (nSPS) is 35.8. The number of rotatable bonds is 6. The maximum atomic E-state index is 14.6. The van der Waals surface area contributed by atoms with Gasteiger partial charge in [-0.05, 0) is 80.8 Å². The van der Waals surface area contributed by atoms with Crippen molar-refractivity contribution in [2.24, 2.45) is 17.3 Å². The third kappa shape index (κ3) is 3.02. The van der Waals surface area contributed by atoms with Crippen LogP contribution < -0.4 is 10.1 Å². The molecule has 2 atom stereocenters. The van der Waals surface area contributed by atoms with E-state index in [9.17, 15) is 9.18 Å². The number of carbonyl (C=O) groups is 1. The van der Waals surface area contributed by atoms with Crippen LogP contribution in [0.1, 0.15) is 73.2 Å². The Bertz CT molecular complexity index is 789. The van der Waals surface area contributed by atoms with Crippen LogP contribution >= 0.6 is 0 Å². The zero-order chi connectivity index (χ0) is 19.5. The number of ether oxygens (including phenoxy) is 2. The summed E-state index contributed by atoms with van der Waals surface area (Å²) >= 11 is 0. The van der Waals surface area contributed by atoms with Crippen LogP contribution in [-0.4, -0.2) is 32.3 Å². The highest BCUT2D eigenvalue weighted by molar-refractivity contribution is 5.94. The molecule has 6 rings (SSSR count). The highest BCUT2D eigenvalue weighted by Crippen LogP contribution is 2.62. The Morgan fingerprint density at radius 1 is 1.21 bits per heavy atom. The maximum absolute atomic E-state index is 14.6. The van der Waals surface area contributed by atoms with Gasteiger partial charge in [0.1, 0.15) is 11.6 Å². The minimum absolute atomic E-state index is 0.0289. The first-order chi connectivity index (χ1) is 13.4. The van der Waals surface area contributed by atoms with Gasteiger partial charge in [0, 0.05) is 25.6 Å². The Kier molecular flexibility index (Phi) is 4.24. The number of benzene rings is 1. The third-order valence-corrected chi connectivity index (χ3v) is 7.68. The number of halogens is 1. The fourth-order valence-electron chi connectivity index (χ4n) is 6.72. The molecule has 0 aliphatic heterocycles. The molecule has 0 heterocycles. The third-order valence-electron chi connectivity index (χ3n) is 7.68. The number of hydrogen-bond acceptors (Lipinski definition) is 3. The van der Waals surface area contributed by atoms with Crippen molar-refractivity contribution in [1.29, 1.82) is 0 Å². The summed E-state index contributed by atoms with van der Waals surface area (Å²) in [4.78, 5) is 12.0. The molecule has 152 valence electrons. The average molecular weight is 387 g/mol. The average Bonchev–Trinajstić information content (AvgIpc) is 3.50. The fraction of sp³-hybridized carbons (Fsp3) is 0.696. The molecule has 0 radical (unpaired) electrons. The molecule has 4 bridgehead atoms. The summed E-state index contributed by atoms with van der Waals surface area (Å²) in [5, 5.41) is 2.53. The van der Waals surface area contributed by atoms with Crippen LogP contribution in [0.2, 0.25) is 0 Å². The Morgan fingerprint density at radius 2 is 1.93 bits per heavy atom. The highest BCUT2D eigenvalue weighted by Gasteiger charge is 2.58. The zero-order valence-corrected chi connectivity index (χ0v) is 16.9. The van der Waals surface area contributed by atoms with Gasteiger partial charge in [0.25, 0.3) is 5.91 Å². The van der Waals surface area contributed by atoms with Crippen LogP contribution in [0.25, 0.3) is 0 Å². The molecule has 0 saturated heterocycles. The van der Waals surface area contributed by atoms with E-state index in [0.717, 1.165) is 36.7 Å². The number of amides is 1. The number of methoxy groups -OCH3 is 1. The number of carbonyl (C=O) groups excluding carboxylic acids is 1. The lowest BCUT2D eigenvalue weighted by Gasteiger charge is -2.61. The van der Waals surface area contributed by atoms with Crippen LogP contribution in [0.5, 0.6) is 5.75 Å². The second-order valence-corrected chi connectivity index (χ2v) is 9.86. The zero-order valence-electron chi connectivity index (χ0n) is 16.9. The van der Waals surface area contributed by atoms with Gasteiger partial charge in [0.15, 0.2) is 0 Å². The second-order valence-electron chi connectivity index (χ2n) is 9.86. The van der Waals surface area contributed by atoms with Crippen molar-refractivity contribution in [3.8, 4) is 5.75 Å². The van der Waals surface area contributed by atoms with Crippen molar-refractivity contribution in [3.63, 3.8) is 0 Å². The molecule has 5 aliphatic rings. The standard InChI is InChI=1S/C23H30FNO3/c1-25-21(26)18-6-17(16-3-4-16)20(7-19(18)24)28-13-22-8-14-5-15(9-22)11-23(10-14,12-22)27-2/h6-7,14-16H,3-5,8-13H2,1-2H3,(H,25,26). The molecule has 4 nitrogen and oxygen atoms in total. The van der Waals surface area contributed by atoms with Gasteiger partial charge in [-0.25, -0.2) is 4.39 Å². The van der Waals surface area contributed by atoms with Crippen molar-refractivity contribution < 1.29 is 18.7 Å². The lowest BCUT2D eigenvalue weighted by molar-refractivity contribution is -0.187. The van der Waals surface area contributed by atoms with E-state index in [-0.39, 0.29) is 22.5 Å². The molecule has 5 aliphatic carbocycles. The monoisotopic (exact) mass is 387 g/mol. The van der Waals surface area contributed by atoms with E-state index in [2.05, 4.69) is 5.32 Å². The first-order valence-corrected chi connectivity index (χ1v) is 10.7. The van der Waals surface area contributed by atoms with Crippen molar-refractivity contribution in [3.05, 3.63) is 29.1 Å². The van der Waals surface area contributed by atoms with Crippen molar-refractivity contribution in [1.82, 2.24) is 5.32 Å². The van der Waals surface area contributed by atoms with E-state index in [1.807, 2.05) is 7.11 Å². The molecular formula is C23H30FNO3. The van der Waals surface area contributed by atoms with Gasteiger partial charge in [-0.2, -0.15) is 0 Å². The van der Waals surface area contributed by atoms with E-state index in [4.69, 9.17) is 9.47 Å². The Hall–Kier alpha value is -1.62. The van der Waals surface area contributed by atoms with Crippen LogP contribution in [0.15, 0.2) is 12.1 Å². The van der Waals surface area contributed by atoms with Gasteiger partial charge >= 0.3 is 0 Å². The van der Waals surface area contributed by atoms with Crippen LogP contribution in [-0.2, 0) is 4.74 Å². The van der Waals surface area contributed by atoms with Crippen molar-refractivity contribution in [2.45, 2.75) is 62.9 Å². The Morgan fingerprint density at radius 3 is 2.54 bits per heavy atom. The molecule has 1 N–H and O–H groups in total. The summed E-state index contributed by atoms with van der Waals surface area (Å²) in [7, 11) is 3.39. The summed E-state index contributed by atoms with van der Waals surface area (Å²) in [5.74, 6) is 1.61. The molecule has 0 aromatic heterocycles. The first-order valence-electron chi connectivity index (χ1n) is 10.7. The van der Waals surface area contributed by atoms with Crippen molar-refractivity contribution >= 4 is 5.91 Å². The Balaban J connectivity index is 1.40.